The zero-order valence-corrected chi connectivity index (χ0v) is 18.8. The maximum Gasteiger partial charge on any atom is 0.231 e. The number of nitrogens with one attached hydrogen (secondary N) is 2. The Kier molecular flexibility index (Phi) is 9.47. The minimum Gasteiger partial charge on any atom is -0.454 e. The molecule has 1 aromatic carbocycles. The molecule has 0 saturated carbocycles. The summed E-state index contributed by atoms with van der Waals surface area (Å²) < 4.78 is 10.8. The lowest BCUT2D eigenvalue weighted by Crippen LogP contribution is -2.39. The second-order valence-corrected chi connectivity index (χ2v) is 6.98. The van der Waals surface area contributed by atoms with Gasteiger partial charge in [0.05, 0.1) is 6.54 Å². The highest BCUT2D eigenvalue weighted by Gasteiger charge is 2.17. The van der Waals surface area contributed by atoms with Crippen LogP contribution >= 0.6 is 24.0 Å². The Bertz CT molecular complexity index is 604. The third kappa shape index (κ3) is 6.71. The quantitative estimate of drug-likeness (QED) is 0.351. The summed E-state index contributed by atoms with van der Waals surface area (Å²) in [6.45, 7) is 10.8. The Hall–Kier alpha value is -1.22. The summed E-state index contributed by atoms with van der Waals surface area (Å²) in [5.41, 5.74) is 1.12. The molecular formula is C20H33IN4O2. The van der Waals surface area contributed by atoms with Gasteiger partial charge in [0.15, 0.2) is 17.5 Å². The molecule has 0 aromatic heterocycles. The van der Waals surface area contributed by atoms with E-state index in [-0.39, 0.29) is 24.0 Å². The van der Waals surface area contributed by atoms with Crippen molar-refractivity contribution in [3.05, 3.63) is 23.8 Å². The number of aliphatic imine (C=N–C) groups is 1. The first kappa shape index (κ1) is 22.1. The van der Waals surface area contributed by atoms with Crippen molar-refractivity contribution in [3.8, 4) is 11.5 Å². The van der Waals surface area contributed by atoms with Crippen molar-refractivity contribution in [1.82, 2.24) is 15.5 Å². The van der Waals surface area contributed by atoms with Gasteiger partial charge in [-0.1, -0.05) is 13.0 Å². The fourth-order valence-corrected chi connectivity index (χ4v) is 3.54. The third-order valence-corrected chi connectivity index (χ3v) is 5.20. The predicted molar refractivity (Wildman–Crippen MR) is 120 cm³/mol. The van der Waals surface area contributed by atoms with Crippen molar-refractivity contribution >= 4 is 29.9 Å². The first-order chi connectivity index (χ1) is 12.8. The zero-order chi connectivity index (χ0) is 18.2. The van der Waals surface area contributed by atoms with Gasteiger partial charge < -0.3 is 25.0 Å². The second kappa shape index (κ2) is 11.6. The summed E-state index contributed by atoms with van der Waals surface area (Å²) in [6.07, 6.45) is 3.85. The number of benzene rings is 1. The van der Waals surface area contributed by atoms with Crippen LogP contribution in [-0.2, 0) is 6.54 Å². The molecule has 0 spiro atoms. The number of nitrogens with zero attached hydrogens (tertiary/aromatic N) is 2. The third-order valence-electron chi connectivity index (χ3n) is 5.20. The van der Waals surface area contributed by atoms with E-state index in [9.17, 15) is 0 Å². The van der Waals surface area contributed by atoms with Crippen molar-refractivity contribution in [2.75, 3.05) is 39.5 Å². The number of hydrogen-bond acceptors (Lipinski definition) is 4. The number of hydrogen-bond donors (Lipinski definition) is 2. The van der Waals surface area contributed by atoms with Crippen LogP contribution in [0.25, 0.3) is 0 Å². The minimum absolute atomic E-state index is 0. The molecule has 27 heavy (non-hydrogen) atoms. The van der Waals surface area contributed by atoms with Crippen LogP contribution in [0.3, 0.4) is 0 Å². The molecule has 0 bridgehead atoms. The molecular weight excluding hydrogens is 455 g/mol. The molecule has 0 atom stereocenters. The van der Waals surface area contributed by atoms with Crippen LogP contribution in [0.5, 0.6) is 11.5 Å². The first-order valence-corrected chi connectivity index (χ1v) is 9.91. The lowest BCUT2D eigenvalue weighted by Gasteiger charge is -2.31. The first-order valence-electron chi connectivity index (χ1n) is 9.91. The summed E-state index contributed by atoms with van der Waals surface area (Å²) in [5, 5.41) is 6.82. The molecule has 2 aliphatic heterocycles. The van der Waals surface area contributed by atoms with Crippen LogP contribution in [0.15, 0.2) is 23.2 Å². The maximum absolute atomic E-state index is 5.44. The number of fused-ring (bicyclic) bond motifs is 1. The highest BCUT2D eigenvalue weighted by Crippen LogP contribution is 2.32. The minimum atomic E-state index is 0. The van der Waals surface area contributed by atoms with Gasteiger partial charge in [-0.15, -0.1) is 24.0 Å². The Labute approximate surface area is 180 Å². The molecule has 2 aliphatic rings. The van der Waals surface area contributed by atoms with Crippen molar-refractivity contribution in [3.63, 3.8) is 0 Å². The number of guanidine groups is 1. The SMILES string of the molecule is CCNC(=NCc1ccc2c(c1)OCO2)NCCC1CCN(CC)CC1.I. The van der Waals surface area contributed by atoms with E-state index in [0.29, 0.717) is 13.3 Å². The van der Waals surface area contributed by atoms with Crippen LogP contribution in [0, 0.1) is 5.92 Å². The molecule has 3 rings (SSSR count). The Morgan fingerprint density at radius 1 is 1.15 bits per heavy atom. The van der Waals surface area contributed by atoms with E-state index in [2.05, 4.69) is 29.4 Å². The summed E-state index contributed by atoms with van der Waals surface area (Å²) in [7, 11) is 0. The maximum atomic E-state index is 5.44. The van der Waals surface area contributed by atoms with E-state index in [1.54, 1.807) is 0 Å². The molecule has 0 unspecified atom stereocenters. The highest BCUT2D eigenvalue weighted by molar-refractivity contribution is 14.0. The van der Waals surface area contributed by atoms with Crippen molar-refractivity contribution in [2.24, 2.45) is 10.9 Å². The van der Waals surface area contributed by atoms with Crippen LogP contribution in [0.1, 0.15) is 38.7 Å². The van der Waals surface area contributed by atoms with E-state index in [0.717, 1.165) is 42.0 Å². The molecule has 0 aliphatic carbocycles. The van der Waals surface area contributed by atoms with Crippen molar-refractivity contribution < 1.29 is 9.47 Å². The molecule has 1 fully saturated rings. The van der Waals surface area contributed by atoms with Crippen LogP contribution in [0.2, 0.25) is 0 Å². The fourth-order valence-electron chi connectivity index (χ4n) is 3.54. The van der Waals surface area contributed by atoms with Gasteiger partial charge in [0.2, 0.25) is 6.79 Å². The second-order valence-electron chi connectivity index (χ2n) is 6.98. The number of likely N-dealkylation sites (tertiary alicyclic amines) is 1. The van der Waals surface area contributed by atoms with Gasteiger partial charge in [0.1, 0.15) is 0 Å². The normalized spacial score (nSPS) is 17.5. The number of ether oxygens (including phenoxy) is 2. The van der Waals surface area contributed by atoms with E-state index < -0.39 is 0 Å². The van der Waals surface area contributed by atoms with E-state index >= 15 is 0 Å². The number of halogens is 1. The average Bonchev–Trinajstić information content (AvgIpc) is 3.14. The van der Waals surface area contributed by atoms with Gasteiger partial charge in [0.25, 0.3) is 0 Å². The zero-order valence-electron chi connectivity index (χ0n) is 16.5. The van der Waals surface area contributed by atoms with Crippen LogP contribution in [0.4, 0.5) is 0 Å². The Morgan fingerprint density at radius 3 is 2.67 bits per heavy atom. The molecule has 2 heterocycles. The molecule has 152 valence electrons. The van der Waals surface area contributed by atoms with Crippen LogP contribution < -0.4 is 20.1 Å². The van der Waals surface area contributed by atoms with Crippen molar-refractivity contribution in [1.29, 1.82) is 0 Å². The van der Waals surface area contributed by atoms with Crippen LogP contribution in [-0.4, -0.2) is 50.4 Å². The largest absolute Gasteiger partial charge is 0.454 e. The summed E-state index contributed by atoms with van der Waals surface area (Å²) in [6, 6.07) is 6.01. The number of piperidine rings is 1. The number of rotatable bonds is 7. The molecule has 1 saturated heterocycles. The molecule has 0 amide bonds. The van der Waals surface area contributed by atoms with Gasteiger partial charge in [-0.05, 0) is 69.4 Å². The molecule has 0 radical (unpaired) electrons. The van der Waals surface area contributed by atoms with E-state index in [4.69, 9.17) is 14.5 Å². The smallest absolute Gasteiger partial charge is 0.231 e. The standard InChI is InChI=1S/C20H32N4O2.HI/c1-3-21-20(22-10-7-16-8-11-24(4-2)12-9-16)23-14-17-5-6-18-19(13-17)26-15-25-18;/h5-6,13,16H,3-4,7-12,14-15H2,1-2H3,(H2,21,22,23);1H. The van der Waals surface area contributed by atoms with E-state index in [1.807, 2.05) is 18.2 Å². The monoisotopic (exact) mass is 488 g/mol. The lowest BCUT2D eigenvalue weighted by molar-refractivity contribution is 0.174. The average molecular weight is 488 g/mol. The van der Waals surface area contributed by atoms with Gasteiger partial charge in [0, 0.05) is 13.1 Å². The fraction of sp³-hybridized carbons (Fsp3) is 0.650. The van der Waals surface area contributed by atoms with Gasteiger partial charge in [-0.25, -0.2) is 4.99 Å². The summed E-state index contributed by atoms with van der Waals surface area (Å²) in [5.74, 6) is 3.35. The Morgan fingerprint density at radius 2 is 1.93 bits per heavy atom. The van der Waals surface area contributed by atoms with Crippen molar-refractivity contribution in [2.45, 2.75) is 39.7 Å². The van der Waals surface area contributed by atoms with Gasteiger partial charge >= 0.3 is 0 Å². The van der Waals surface area contributed by atoms with E-state index in [1.165, 1.54) is 38.9 Å². The van der Waals surface area contributed by atoms with Gasteiger partial charge in [-0.3, -0.25) is 0 Å². The summed E-state index contributed by atoms with van der Waals surface area (Å²) in [4.78, 5) is 7.25. The molecule has 1 aromatic rings. The molecule has 6 nitrogen and oxygen atoms in total. The topological polar surface area (TPSA) is 58.1 Å². The van der Waals surface area contributed by atoms with Gasteiger partial charge in [-0.2, -0.15) is 0 Å². The molecule has 7 heteroatoms. The summed E-state index contributed by atoms with van der Waals surface area (Å²) >= 11 is 0. The Balaban J connectivity index is 0.00000261. The molecule has 2 N–H and O–H groups in total. The lowest BCUT2D eigenvalue weighted by atomic mass is 9.93. The predicted octanol–water partition coefficient (Wildman–Crippen LogP) is 3.21. The highest BCUT2D eigenvalue weighted by atomic mass is 127.